The quantitative estimate of drug-likeness (QED) is 0.0804. The first kappa shape index (κ1) is 62.1. The Kier molecular flexibility index (Phi) is 16.9. The van der Waals surface area contributed by atoms with Crippen LogP contribution < -0.4 is 46.9 Å². The molecule has 6 nitrogen and oxygen atoms in total. The molecule has 16 rings (SSSR count). The molecule has 0 bridgehead atoms. The van der Waals surface area contributed by atoms with Gasteiger partial charge in [0.15, 0.2) is 7.14 Å². The Labute approximate surface area is 578 Å². The van der Waals surface area contributed by atoms with Crippen molar-refractivity contribution in [1.29, 1.82) is 0 Å². The van der Waals surface area contributed by atoms with Crippen LogP contribution in [0.3, 0.4) is 0 Å². The van der Waals surface area contributed by atoms with E-state index < -0.39 is 14.3 Å². The van der Waals surface area contributed by atoms with Crippen molar-refractivity contribution < 1.29 is 9.13 Å². The van der Waals surface area contributed by atoms with Gasteiger partial charge in [0, 0.05) is 117 Å². The molecule has 8 heteroatoms. The highest BCUT2D eigenvalue weighted by atomic mass is 31.2. The SMILES string of the molecule is C=c1/c(=C(/C2=CCC(P(=O)(c3ccccc3)c3ccccc3)C=C2)c2c(Cc3ccc(P(=O)(c4ccccc4)c4ccccc4)cc3)n(-c3ccc(N(c4ccccc4)c4ccccc4)cc3)c3ccccc23)n(-c2ccc(N(c3ccccc3)c3ccccc3)cc2)c2ccccc12. The minimum Gasteiger partial charge on any atom is -0.313 e. The topological polar surface area (TPSA) is 50.5 Å². The largest absolute Gasteiger partial charge is 0.313 e. The normalized spacial score (nSPS) is 13.5. The van der Waals surface area contributed by atoms with Crippen molar-refractivity contribution in [1.82, 2.24) is 9.13 Å². The third-order valence-electron chi connectivity index (χ3n) is 19.3. The summed E-state index contributed by atoms with van der Waals surface area (Å²) in [7, 11) is -6.59. The molecule has 476 valence electrons. The van der Waals surface area contributed by atoms with Crippen molar-refractivity contribution >= 4 is 109 Å². The molecular formula is C91H70N4O2P2. The summed E-state index contributed by atoms with van der Waals surface area (Å²) >= 11 is 0. The minimum atomic E-state index is -3.31. The van der Waals surface area contributed by atoms with Gasteiger partial charge in [0.1, 0.15) is 7.14 Å². The molecule has 0 N–H and O–H groups in total. The summed E-state index contributed by atoms with van der Waals surface area (Å²) in [6.45, 7) is 5.13. The number of anilines is 6. The third-order valence-corrected chi connectivity index (χ3v) is 25.8. The van der Waals surface area contributed by atoms with E-state index in [1.807, 2.05) is 121 Å². The Balaban J connectivity index is 0.959. The summed E-state index contributed by atoms with van der Waals surface area (Å²) in [5, 5.41) is 7.89. The molecule has 99 heavy (non-hydrogen) atoms. The number of hydrogen-bond acceptors (Lipinski definition) is 4. The molecule has 15 aromatic rings. The highest BCUT2D eigenvalue weighted by molar-refractivity contribution is 7.85. The van der Waals surface area contributed by atoms with Crippen molar-refractivity contribution in [2.45, 2.75) is 18.5 Å². The van der Waals surface area contributed by atoms with Crippen molar-refractivity contribution in [3.8, 4) is 11.4 Å². The summed E-state index contributed by atoms with van der Waals surface area (Å²) in [6, 6.07) is 126. The lowest BCUT2D eigenvalue weighted by molar-refractivity contribution is 0.582. The average Bonchev–Trinajstić information content (AvgIpc) is 1.57. The molecule has 2 heterocycles. The second kappa shape index (κ2) is 27.0. The van der Waals surface area contributed by atoms with Crippen LogP contribution >= 0.6 is 14.3 Å². The Morgan fingerprint density at radius 1 is 0.374 bits per heavy atom. The van der Waals surface area contributed by atoms with E-state index in [-0.39, 0.29) is 5.66 Å². The first-order valence-corrected chi connectivity index (χ1v) is 37.2. The molecule has 0 aliphatic heterocycles. The van der Waals surface area contributed by atoms with Gasteiger partial charge in [-0.1, -0.05) is 280 Å². The molecule has 1 aliphatic carbocycles. The van der Waals surface area contributed by atoms with Crippen LogP contribution in [0.5, 0.6) is 0 Å². The maximum Gasteiger partial charge on any atom is 0.171 e. The molecule has 13 aromatic carbocycles. The summed E-state index contributed by atoms with van der Waals surface area (Å²) in [5.41, 5.74) is 15.0. The fourth-order valence-corrected chi connectivity index (χ4v) is 20.3. The Hall–Kier alpha value is -11.8. The van der Waals surface area contributed by atoms with E-state index in [9.17, 15) is 0 Å². The fraction of sp³-hybridized carbons (Fsp3) is 0.0330. The minimum absolute atomic E-state index is 0.339. The van der Waals surface area contributed by atoms with Crippen LogP contribution in [0.4, 0.5) is 34.1 Å². The zero-order valence-electron chi connectivity index (χ0n) is 54.6. The Morgan fingerprint density at radius 2 is 0.727 bits per heavy atom. The highest BCUT2D eigenvalue weighted by Crippen LogP contribution is 2.53. The van der Waals surface area contributed by atoms with Crippen LogP contribution in [-0.2, 0) is 15.6 Å². The van der Waals surface area contributed by atoms with Gasteiger partial charge >= 0.3 is 0 Å². The number of nitrogens with zero attached hydrogens (tertiary/aromatic N) is 4. The number of allylic oxidation sites excluding steroid dienone is 4. The average molecular weight is 1310 g/mol. The molecule has 0 radical (unpaired) electrons. The zero-order chi connectivity index (χ0) is 66.7. The van der Waals surface area contributed by atoms with Crippen LogP contribution in [0, 0.1) is 0 Å². The van der Waals surface area contributed by atoms with Crippen molar-refractivity contribution in [3.63, 3.8) is 0 Å². The maximum atomic E-state index is 16.4. The van der Waals surface area contributed by atoms with Crippen molar-refractivity contribution in [2.75, 3.05) is 9.80 Å². The maximum absolute atomic E-state index is 16.4. The molecule has 1 aliphatic rings. The Bertz CT molecular complexity index is 5490. The number of fused-ring (bicyclic) bond motifs is 2. The number of aromatic nitrogens is 2. The first-order chi connectivity index (χ1) is 48.8. The third kappa shape index (κ3) is 11.5. The smallest absolute Gasteiger partial charge is 0.171 e. The standard InChI is InChI=1S/C91H70N4O2P2/c1-67-84-46-26-28-48-86(84)95(77-60-56-75(57-61-77)93(72-34-14-4-15-35-72)73-36-16-5-17-37-73)91(67)89(69-52-64-83(65-53-69)99(97,80-42-22-8-23-43-80)81-44-24-9-25-45-81)90-85-47-27-29-49-87(85)94(76-58-54-74(55-59-76)92(70-30-10-2-11-31-70)71-32-12-3-13-33-71)88(90)66-68-50-62-82(63-51-68)98(96,78-38-18-6-19-39-78)79-40-20-7-21-41-79/h2-64,83H,1,65-66H2/b91-89+. The van der Waals surface area contributed by atoms with Crippen LogP contribution in [0.2, 0.25) is 0 Å². The monoisotopic (exact) mass is 1310 g/mol. The van der Waals surface area contributed by atoms with Gasteiger partial charge in [-0.15, -0.1) is 0 Å². The van der Waals surface area contributed by atoms with E-state index >= 15 is 9.13 Å². The van der Waals surface area contributed by atoms with Crippen LogP contribution in [0.1, 0.15) is 23.2 Å². The van der Waals surface area contributed by atoms with Gasteiger partial charge < -0.3 is 28.1 Å². The van der Waals surface area contributed by atoms with Gasteiger partial charge in [0.25, 0.3) is 0 Å². The van der Waals surface area contributed by atoms with Crippen molar-refractivity contribution in [2.24, 2.45) is 0 Å². The lowest BCUT2D eigenvalue weighted by atomic mass is 9.89. The lowest BCUT2D eigenvalue weighted by Crippen LogP contribution is -2.32. The molecule has 1 atom stereocenters. The van der Waals surface area contributed by atoms with Crippen molar-refractivity contribution in [3.05, 3.63) is 415 Å². The Morgan fingerprint density at radius 3 is 1.15 bits per heavy atom. The molecule has 0 amide bonds. The van der Waals surface area contributed by atoms with E-state index in [1.54, 1.807) is 0 Å². The van der Waals surface area contributed by atoms with Crippen LogP contribution in [0.15, 0.2) is 388 Å². The summed E-state index contributed by atoms with van der Waals surface area (Å²) in [4.78, 5) is 4.59. The van der Waals surface area contributed by atoms with Crippen LogP contribution in [-0.4, -0.2) is 14.8 Å². The lowest BCUT2D eigenvalue weighted by Gasteiger charge is -2.28. The molecule has 1 unspecified atom stereocenters. The molecule has 0 spiro atoms. The first-order valence-electron chi connectivity index (χ1n) is 33.7. The molecular weight excluding hydrogens is 1240 g/mol. The number of para-hydroxylation sites is 6. The molecule has 2 aromatic heterocycles. The predicted octanol–water partition coefficient (Wildman–Crippen LogP) is 19.6. The van der Waals surface area contributed by atoms with Gasteiger partial charge in [-0.2, -0.15) is 0 Å². The summed E-state index contributed by atoms with van der Waals surface area (Å²) < 4.78 is 37.3. The van der Waals surface area contributed by atoms with E-state index in [4.69, 9.17) is 6.58 Å². The summed E-state index contributed by atoms with van der Waals surface area (Å²) in [5.74, 6) is 0. The zero-order valence-corrected chi connectivity index (χ0v) is 56.4. The van der Waals surface area contributed by atoms with Gasteiger partial charge in [-0.05, 0) is 127 Å². The van der Waals surface area contributed by atoms with Gasteiger partial charge in [-0.25, -0.2) is 0 Å². The van der Waals surface area contributed by atoms with Gasteiger partial charge in [-0.3, -0.25) is 0 Å². The van der Waals surface area contributed by atoms with E-state index in [2.05, 4.69) is 280 Å². The fourth-order valence-electron chi connectivity index (χ4n) is 14.6. The van der Waals surface area contributed by atoms with Gasteiger partial charge in [0.2, 0.25) is 0 Å². The molecule has 0 fully saturated rings. The van der Waals surface area contributed by atoms with E-state index in [1.165, 1.54) is 0 Å². The van der Waals surface area contributed by atoms with E-state index in [0.717, 1.165) is 132 Å². The highest BCUT2D eigenvalue weighted by Gasteiger charge is 2.37. The number of benzene rings is 13. The predicted molar refractivity (Wildman–Crippen MR) is 417 cm³/mol. The second-order valence-corrected chi connectivity index (χ2v) is 30.8. The van der Waals surface area contributed by atoms with E-state index in [0.29, 0.717) is 12.8 Å². The van der Waals surface area contributed by atoms with Gasteiger partial charge in [0.05, 0.1) is 16.4 Å². The number of hydrogen-bond donors (Lipinski definition) is 0. The molecule has 0 saturated heterocycles. The van der Waals surface area contributed by atoms with Crippen LogP contribution in [0.25, 0.3) is 45.3 Å². The number of rotatable bonds is 18. The molecule has 0 saturated carbocycles. The second-order valence-electron chi connectivity index (χ2n) is 25.0. The summed E-state index contributed by atoms with van der Waals surface area (Å²) in [6.07, 6.45) is 7.79.